The van der Waals surface area contributed by atoms with Gasteiger partial charge in [-0.15, -0.1) is 5.10 Å². The van der Waals surface area contributed by atoms with Crippen LogP contribution in [0.3, 0.4) is 0 Å². The molecule has 1 aromatic heterocycles. The average molecular weight is 288 g/mol. The molecular formula is C14H16N4O3. The number of aromatic nitrogens is 3. The van der Waals surface area contributed by atoms with Crippen LogP contribution in [0, 0.1) is 0 Å². The number of para-hydroxylation sites is 1. The average Bonchev–Trinajstić information content (AvgIpc) is 2.98. The van der Waals surface area contributed by atoms with E-state index < -0.39 is 0 Å². The molecular weight excluding hydrogens is 272 g/mol. The molecule has 0 aliphatic carbocycles. The summed E-state index contributed by atoms with van der Waals surface area (Å²) in [5.74, 6) is -0.716. The molecule has 2 aromatic rings. The zero-order valence-electron chi connectivity index (χ0n) is 11.7. The summed E-state index contributed by atoms with van der Waals surface area (Å²) >= 11 is 0. The molecule has 110 valence electrons. The van der Waals surface area contributed by atoms with Crippen LogP contribution in [0.1, 0.15) is 23.8 Å². The molecule has 0 saturated carbocycles. The van der Waals surface area contributed by atoms with Crippen molar-refractivity contribution in [3.63, 3.8) is 0 Å². The van der Waals surface area contributed by atoms with Gasteiger partial charge in [0.25, 0.3) is 5.91 Å². The molecule has 0 atom stereocenters. The Morgan fingerprint density at radius 2 is 2.05 bits per heavy atom. The third-order valence-electron chi connectivity index (χ3n) is 2.63. The lowest BCUT2D eigenvalue weighted by Crippen LogP contribution is -2.27. The maximum absolute atomic E-state index is 11.8. The molecule has 0 unspecified atom stereocenters. The Morgan fingerprint density at radius 1 is 1.29 bits per heavy atom. The highest BCUT2D eigenvalue weighted by Gasteiger charge is 2.11. The number of ether oxygens (including phenoxy) is 1. The topological polar surface area (TPSA) is 86.1 Å². The van der Waals surface area contributed by atoms with Gasteiger partial charge in [0.05, 0.1) is 24.9 Å². The lowest BCUT2D eigenvalue weighted by Gasteiger charge is -2.03. The molecule has 1 heterocycles. The van der Waals surface area contributed by atoms with Crippen molar-refractivity contribution >= 4 is 11.9 Å². The van der Waals surface area contributed by atoms with E-state index in [-0.39, 0.29) is 30.5 Å². The van der Waals surface area contributed by atoms with Crippen LogP contribution in [0.2, 0.25) is 0 Å². The van der Waals surface area contributed by atoms with E-state index in [1.165, 1.54) is 11.0 Å². The minimum atomic E-state index is -0.374. The van der Waals surface area contributed by atoms with Gasteiger partial charge in [-0.05, 0) is 19.1 Å². The van der Waals surface area contributed by atoms with Crippen molar-refractivity contribution in [1.29, 1.82) is 0 Å². The minimum absolute atomic E-state index is 0.131. The fourth-order valence-electron chi connectivity index (χ4n) is 1.65. The minimum Gasteiger partial charge on any atom is -0.466 e. The maximum atomic E-state index is 11.8. The Morgan fingerprint density at radius 3 is 2.76 bits per heavy atom. The fraction of sp³-hybridized carbons (Fsp3) is 0.286. The number of amides is 1. The van der Waals surface area contributed by atoms with Gasteiger partial charge in [-0.25, -0.2) is 0 Å². The number of nitrogens with one attached hydrogen (secondary N) is 1. The van der Waals surface area contributed by atoms with Crippen LogP contribution in [-0.2, 0) is 9.53 Å². The van der Waals surface area contributed by atoms with E-state index in [0.29, 0.717) is 6.61 Å². The molecule has 2 rings (SSSR count). The molecule has 0 saturated heterocycles. The number of rotatable bonds is 6. The van der Waals surface area contributed by atoms with Gasteiger partial charge in [0.2, 0.25) is 0 Å². The van der Waals surface area contributed by atoms with Gasteiger partial charge in [0.15, 0.2) is 5.69 Å². The molecule has 1 amide bonds. The number of carbonyl (C=O) groups is 2. The maximum Gasteiger partial charge on any atom is 0.307 e. The summed E-state index contributed by atoms with van der Waals surface area (Å²) in [6.07, 6.45) is 1.51. The van der Waals surface area contributed by atoms with Gasteiger partial charge < -0.3 is 10.1 Å². The molecule has 21 heavy (non-hydrogen) atoms. The number of hydrogen-bond donors (Lipinski definition) is 1. The smallest absolute Gasteiger partial charge is 0.307 e. The second kappa shape index (κ2) is 7.18. The van der Waals surface area contributed by atoms with Gasteiger partial charge in [0.1, 0.15) is 0 Å². The largest absolute Gasteiger partial charge is 0.466 e. The van der Waals surface area contributed by atoms with Crippen molar-refractivity contribution < 1.29 is 14.3 Å². The van der Waals surface area contributed by atoms with Gasteiger partial charge >= 0.3 is 5.97 Å². The lowest BCUT2D eigenvalue weighted by molar-refractivity contribution is -0.142. The predicted octanol–water partition coefficient (Wildman–Crippen LogP) is 0.950. The normalized spacial score (nSPS) is 10.1. The standard InChI is InChI=1S/C14H16N4O3/c1-2-21-13(19)8-9-15-14(20)12-10-16-18(17-12)11-6-4-3-5-7-11/h3-7,10H,2,8-9H2,1H3,(H,15,20). The number of hydrogen-bond acceptors (Lipinski definition) is 5. The van der Waals surface area contributed by atoms with Crippen LogP contribution in [0.4, 0.5) is 0 Å². The zero-order valence-corrected chi connectivity index (χ0v) is 11.7. The predicted molar refractivity (Wildman–Crippen MR) is 74.9 cm³/mol. The third-order valence-corrected chi connectivity index (χ3v) is 2.63. The van der Waals surface area contributed by atoms with Crippen LogP contribution >= 0.6 is 0 Å². The Labute approximate surface area is 121 Å². The highest BCUT2D eigenvalue weighted by Crippen LogP contribution is 2.04. The van der Waals surface area contributed by atoms with Gasteiger partial charge in [-0.3, -0.25) is 9.59 Å². The highest BCUT2D eigenvalue weighted by atomic mass is 16.5. The van der Waals surface area contributed by atoms with Crippen molar-refractivity contribution in [3.8, 4) is 5.69 Å². The van der Waals surface area contributed by atoms with Crippen LogP contribution in [-0.4, -0.2) is 40.0 Å². The summed E-state index contributed by atoms with van der Waals surface area (Å²) in [5.41, 5.74) is 0.964. The molecule has 0 spiro atoms. The Bertz CT molecular complexity index is 610. The van der Waals surface area contributed by atoms with Crippen molar-refractivity contribution in [1.82, 2.24) is 20.3 Å². The van der Waals surface area contributed by atoms with Gasteiger partial charge in [-0.2, -0.15) is 9.90 Å². The first kappa shape index (κ1) is 14.7. The first-order valence-corrected chi connectivity index (χ1v) is 6.62. The van der Waals surface area contributed by atoms with E-state index in [1.807, 2.05) is 30.3 Å². The number of benzene rings is 1. The first-order chi connectivity index (χ1) is 10.2. The van der Waals surface area contributed by atoms with Crippen molar-refractivity contribution in [3.05, 3.63) is 42.2 Å². The summed E-state index contributed by atoms with van der Waals surface area (Å²) in [7, 11) is 0. The fourth-order valence-corrected chi connectivity index (χ4v) is 1.65. The monoisotopic (exact) mass is 288 g/mol. The zero-order chi connectivity index (χ0) is 15.1. The van der Waals surface area contributed by atoms with Crippen molar-refractivity contribution in [2.24, 2.45) is 0 Å². The first-order valence-electron chi connectivity index (χ1n) is 6.62. The summed E-state index contributed by atoms with van der Waals surface area (Å²) in [5, 5.41) is 10.7. The van der Waals surface area contributed by atoms with E-state index in [0.717, 1.165) is 5.69 Å². The van der Waals surface area contributed by atoms with Crippen molar-refractivity contribution in [2.45, 2.75) is 13.3 Å². The summed E-state index contributed by atoms with van der Waals surface area (Å²) in [6.45, 7) is 2.27. The molecule has 1 aromatic carbocycles. The molecule has 0 aliphatic rings. The van der Waals surface area contributed by atoms with Gasteiger partial charge in [-0.1, -0.05) is 18.2 Å². The number of esters is 1. The van der Waals surface area contributed by atoms with E-state index >= 15 is 0 Å². The van der Waals surface area contributed by atoms with E-state index in [1.54, 1.807) is 6.92 Å². The molecule has 7 heteroatoms. The third kappa shape index (κ3) is 4.13. The van der Waals surface area contributed by atoms with E-state index in [9.17, 15) is 9.59 Å². The van der Waals surface area contributed by atoms with Crippen LogP contribution in [0.5, 0.6) is 0 Å². The molecule has 1 N–H and O–H groups in total. The molecule has 0 bridgehead atoms. The van der Waals surface area contributed by atoms with Crippen LogP contribution in [0.15, 0.2) is 36.5 Å². The van der Waals surface area contributed by atoms with Crippen molar-refractivity contribution in [2.75, 3.05) is 13.2 Å². The highest BCUT2D eigenvalue weighted by molar-refractivity contribution is 5.92. The summed E-state index contributed by atoms with van der Waals surface area (Å²) < 4.78 is 4.77. The Balaban J connectivity index is 1.89. The van der Waals surface area contributed by atoms with Crippen LogP contribution in [0.25, 0.3) is 5.69 Å². The second-order valence-electron chi connectivity index (χ2n) is 4.17. The number of nitrogens with zero attached hydrogens (tertiary/aromatic N) is 3. The molecule has 7 nitrogen and oxygen atoms in total. The van der Waals surface area contributed by atoms with E-state index in [4.69, 9.17) is 4.74 Å². The second-order valence-corrected chi connectivity index (χ2v) is 4.17. The quantitative estimate of drug-likeness (QED) is 0.800. The number of carbonyl (C=O) groups excluding carboxylic acids is 2. The molecule has 0 radical (unpaired) electrons. The SMILES string of the molecule is CCOC(=O)CCNC(=O)c1cnn(-c2ccccc2)n1. The Kier molecular flexibility index (Phi) is 5.03. The Hall–Kier alpha value is -2.70. The summed E-state index contributed by atoms with van der Waals surface area (Å²) in [4.78, 5) is 24.4. The van der Waals surface area contributed by atoms with Crippen LogP contribution < -0.4 is 5.32 Å². The molecule has 0 fully saturated rings. The van der Waals surface area contributed by atoms with E-state index in [2.05, 4.69) is 15.5 Å². The van der Waals surface area contributed by atoms with Gasteiger partial charge in [0, 0.05) is 6.54 Å². The molecule has 0 aliphatic heterocycles. The summed E-state index contributed by atoms with van der Waals surface area (Å²) in [6, 6.07) is 9.27. The lowest BCUT2D eigenvalue weighted by atomic mass is 10.3.